The van der Waals surface area contributed by atoms with E-state index in [2.05, 4.69) is 16.9 Å². The zero-order valence-corrected chi connectivity index (χ0v) is 11.2. The Morgan fingerprint density at radius 3 is 3.17 bits per heavy atom. The van der Waals surface area contributed by atoms with Gasteiger partial charge in [0, 0.05) is 18.7 Å². The van der Waals surface area contributed by atoms with Gasteiger partial charge in [-0.05, 0) is 32.5 Å². The van der Waals surface area contributed by atoms with Gasteiger partial charge in [-0.2, -0.15) is 5.26 Å². The smallest absolute Gasteiger partial charge is 0.232 e. The lowest BCUT2D eigenvalue weighted by atomic mass is 10.00. The van der Waals surface area contributed by atoms with Gasteiger partial charge < -0.3 is 9.64 Å². The van der Waals surface area contributed by atoms with Gasteiger partial charge in [0.25, 0.3) is 0 Å². The Morgan fingerprint density at radius 2 is 2.50 bits per heavy atom. The second kappa shape index (κ2) is 6.03. The van der Waals surface area contributed by atoms with Crippen LogP contribution in [0, 0.1) is 17.2 Å². The van der Waals surface area contributed by atoms with Gasteiger partial charge in [0.1, 0.15) is 11.1 Å². The van der Waals surface area contributed by atoms with E-state index in [1.165, 1.54) is 19.0 Å². The van der Waals surface area contributed by atoms with Gasteiger partial charge >= 0.3 is 0 Å². The molecule has 18 heavy (non-hydrogen) atoms. The first-order chi connectivity index (χ1) is 8.69. The maximum atomic E-state index is 8.72. The summed E-state index contributed by atoms with van der Waals surface area (Å²) in [5, 5.41) is 9.12. The van der Waals surface area contributed by atoms with E-state index >= 15 is 0 Å². The molecule has 1 aliphatic heterocycles. The summed E-state index contributed by atoms with van der Waals surface area (Å²) in [6, 6.07) is 3.58. The van der Waals surface area contributed by atoms with Crippen molar-refractivity contribution in [1.82, 2.24) is 9.88 Å². The number of pyridine rings is 1. The Morgan fingerprint density at radius 1 is 1.67 bits per heavy atom. The lowest BCUT2D eigenvalue weighted by Crippen LogP contribution is -2.34. The third-order valence-corrected chi connectivity index (χ3v) is 3.39. The summed E-state index contributed by atoms with van der Waals surface area (Å²) in [4.78, 5) is 6.37. The van der Waals surface area contributed by atoms with Gasteiger partial charge in [0.2, 0.25) is 5.88 Å². The van der Waals surface area contributed by atoms with Crippen LogP contribution in [0.15, 0.2) is 12.3 Å². The number of piperidine rings is 1. The van der Waals surface area contributed by atoms with Crippen LogP contribution in [0.2, 0.25) is 5.02 Å². The van der Waals surface area contributed by atoms with Gasteiger partial charge in [0.15, 0.2) is 0 Å². The van der Waals surface area contributed by atoms with E-state index in [0.29, 0.717) is 29.0 Å². The number of aromatic nitrogens is 1. The first kappa shape index (κ1) is 13.1. The topological polar surface area (TPSA) is 49.1 Å². The van der Waals surface area contributed by atoms with E-state index in [1.54, 1.807) is 6.07 Å². The molecule has 1 atom stereocenters. The lowest BCUT2D eigenvalue weighted by Gasteiger charge is -2.29. The summed E-state index contributed by atoms with van der Waals surface area (Å²) in [6.07, 6.45) is 3.87. The Kier molecular flexibility index (Phi) is 4.40. The van der Waals surface area contributed by atoms with Crippen LogP contribution >= 0.6 is 11.6 Å². The van der Waals surface area contributed by atoms with Crippen LogP contribution < -0.4 is 4.74 Å². The molecule has 0 amide bonds. The maximum Gasteiger partial charge on any atom is 0.232 e. The molecule has 4 nitrogen and oxygen atoms in total. The molecule has 2 rings (SSSR count). The monoisotopic (exact) mass is 265 g/mol. The van der Waals surface area contributed by atoms with Crippen molar-refractivity contribution in [1.29, 1.82) is 5.26 Å². The van der Waals surface area contributed by atoms with Crippen molar-refractivity contribution in [3.05, 3.63) is 22.8 Å². The minimum atomic E-state index is 0.401. The van der Waals surface area contributed by atoms with Crippen molar-refractivity contribution in [3.8, 4) is 11.9 Å². The van der Waals surface area contributed by atoms with E-state index in [4.69, 9.17) is 21.6 Å². The largest absolute Gasteiger partial charge is 0.476 e. The lowest BCUT2D eigenvalue weighted by molar-refractivity contribution is 0.147. The fourth-order valence-electron chi connectivity index (χ4n) is 2.20. The van der Waals surface area contributed by atoms with Crippen LogP contribution in [0.5, 0.6) is 5.88 Å². The Labute approximate surface area is 112 Å². The van der Waals surface area contributed by atoms with Crippen molar-refractivity contribution < 1.29 is 4.74 Å². The van der Waals surface area contributed by atoms with Crippen molar-refractivity contribution in [3.63, 3.8) is 0 Å². The number of halogens is 1. The molecule has 1 saturated heterocycles. The molecule has 0 radical (unpaired) electrons. The molecule has 0 aromatic carbocycles. The maximum absolute atomic E-state index is 8.72. The summed E-state index contributed by atoms with van der Waals surface area (Å²) < 4.78 is 5.64. The van der Waals surface area contributed by atoms with Crippen LogP contribution in [-0.4, -0.2) is 36.6 Å². The third-order valence-electron chi connectivity index (χ3n) is 3.11. The summed E-state index contributed by atoms with van der Waals surface area (Å²) in [5.74, 6) is 0.946. The van der Waals surface area contributed by atoms with Gasteiger partial charge in [-0.15, -0.1) is 0 Å². The third kappa shape index (κ3) is 3.34. The average Bonchev–Trinajstić information content (AvgIpc) is 2.37. The van der Waals surface area contributed by atoms with Crippen LogP contribution in [-0.2, 0) is 0 Å². The summed E-state index contributed by atoms with van der Waals surface area (Å²) in [5.41, 5.74) is 0.449. The number of nitriles is 1. The summed E-state index contributed by atoms with van der Waals surface area (Å²) in [6.45, 7) is 2.84. The highest BCUT2D eigenvalue weighted by atomic mass is 35.5. The number of rotatable bonds is 3. The first-order valence-electron chi connectivity index (χ1n) is 6.06. The van der Waals surface area contributed by atoms with Crippen molar-refractivity contribution >= 4 is 11.6 Å². The van der Waals surface area contributed by atoms with E-state index in [0.717, 1.165) is 13.1 Å². The predicted octanol–water partition coefficient (Wildman–Crippen LogP) is 2.33. The number of hydrogen-bond acceptors (Lipinski definition) is 4. The Balaban J connectivity index is 1.92. The number of ether oxygens (including phenoxy) is 1. The van der Waals surface area contributed by atoms with E-state index in [-0.39, 0.29) is 0 Å². The second-order valence-electron chi connectivity index (χ2n) is 4.70. The Bertz CT molecular complexity index is 458. The molecule has 0 aliphatic carbocycles. The molecule has 1 fully saturated rings. The standard InChI is InChI=1S/C13H16ClN3O/c1-17-4-2-3-10(8-17)9-18-13-12(14)5-11(6-15)7-16-13/h5,7,10H,2-4,8-9H2,1H3. The minimum absolute atomic E-state index is 0.401. The molecule has 0 N–H and O–H groups in total. The quantitative estimate of drug-likeness (QED) is 0.842. The van der Waals surface area contributed by atoms with Gasteiger partial charge in [-0.1, -0.05) is 11.6 Å². The molecule has 0 spiro atoms. The van der Waals surface area contributed by atoms with Crippen molar-refractivity contribution in [2.75, 3.05) is 26.7 Å². The summed E-state index contributed by atoms with van der Waals surface area (Å²) in [7, 11) is 2.12. The van der Waals surface area contributed by atoms with Crippen LogP contribution in [0.25, 0.3) is 0 Å². The molecule has 0 saturated carbocycles. The fourth-order valence-corrected chi connectivity index (χ4v) is 2.42. The zero-order valence-electron chi connectivity index (χ0n) is 10.4. The molecular weight excluding hydrogens is 250 g/mol. The predicted molar refractivity (Wildman–Crippen MR) is 69.7 cm³/mol. The number of hydrogen-bond donors (Lipinski definition) is 0. The number of likely N-dealkylation sites (tertiary alicyclic amines) is 1. The van der Waals surface area contributed by atoms with Gasteiger partial charge in [-0.25, -0.2) is 4.98 Å². The molecule has 1 aliphatic rings. The van der Waals surface area contributed by atoms with Crippen LogP contribution in [0.4, 0.5) is 0 Å². The zero-order chi connectivity index (χ0) is 13.0. The molecule has 2 heterocycles. The van der Waals surface area contributed by atoms with Crippen molar-refractivity contribution in [2.45, 2.75) is 12.8 Å². The second-order valence-corrected chi connectivity index (χ2v) is 5.11. The van der Waals surface area contributed by atoms with E-state index in [1.807, 2.05) is 6.07 Å². The normalized spacial score (nSPS) is 20.4. The van der Waals surface area contributed by atoms with E-state index < -0.39 is 0 Å². The minimum Gasteiger partial charge on any atom is -0.476 e. The Hall–Kier alpha value is -1.31. The molecule has 5 heteroatoms. The number of nitrogens with zero attached hydrogens (tertiary/aromatic N) is 3. The molecule has 1 aromatic heterocycles. The molecule has 1 unspecified atom stereocenters. The van der Waals surface area contributed by atoms with Gasteiger partial charge in [0.05, 0.1) is 12.2 Å². The summed E-state index contributed by atoms with van der Waals surface area (Å²) >= 11 is 6.01. The van der Waals surface area contributed by atoms with Crippen LogP contribution in [0.1, 0.15) is 18.4 Å². The fraction of sp³-hybridized carbons (Fsp3) is 0.538. The van der Waals surface area contributed by atoms with Gasteiger partial charge in [-0.3, -0.25) is 0 Å². The van der Waals surface area contributed by atoms with Crippen LogP contribution in [0.3, 0.4) is 0 Å². The van der Waals surface area contributed by atoms with Crippen molar-refractivity contribution in [2.24, 2.45) is 5.92 Å². The molecule has 1 aromatic rings. The highest BCUT2D eigenvalue weighted by molar-refractivity contribution is 6.31. The molecular formula is C13H16ClN3O. The first-order valence-corrected chi connectivity index (χ1v) is 6.44. The average molecular weight is 266 g/mol. The van der Waals surface area contributed by atoms with E-state index in [9.17, 15) is 0 Å². The molecule has 96 valence electrons. The SMILES string of the molecule is CN1CCCC(COc2ncc(C#N)cc2Cl)C1. The highest BCUT2D eigenvalue weighted by Gasteiger charge is 2.18. The molecule has 0 bridgehead atoms. The highest BCUT2D eigenvalue weighted by Crippen LogP contribution is 2.24.